The number of hydrogen-bond acceptors (Lipinski definition) is 0. The SMILES string of the molecule is C.CC=Cc1ccc(C)cc1.CC=Cc1ccc(C)cc1.CC=Cc1ccc(C)cc1.CC=Cc1ccc(C)cc1. The molecule has 0 aliphatic rings. The van der Waals surface area contributed by atoms with Gasteiger partial charge in [-0.3, -0.25) is 0 Å². The number of aryl methyl sites for hydroxylation is 4. The Morgan fingerprint density at radius 2 is 0.439 bits per heavy atom. The van der Waals surface area contributed by atoms with E-state index in [1.54, 1.807) is 0 Å². The third-order valence-electron chi connectivity index (χ3n) is 5.75. The minimum atomic E-state index is 0. The lowest BCUT2D eigenvalue weighted by atomic mass is 10.1. The van der Waals surface area contributed by atoms with E-state index in [2.05, 4.69) is 149 Å². The predicted molar refractivity (Wildman–Crippen MR) is 190 cm³/mol. The molecular formula is C41H52. The van der Waals surface area contributed by atoms with Crippen molar-refractivity contribution >= 4 is 24.3 Å². The van der Waals surface area contributed by atoms with Gasteiger partial charge in [0.15, 0.2) is 0 Å². The highest BCUT2D eigenvalue weighted by Crippen LogP contribution is 2.06. The van der Waals surface area contributed by atoms with Crippen molar-refractivity contribution in [2.45, 2.75) is 62.8 Å². The Morgan fingerprint density at radius 1 is 0.293 bits per heavy atom. The van der Waals surface area contributed by atoms with E-state index in [1.807, 2.05) is 52.0 Å². The van der Waals surface area contributed by atoms with Crippen LogP contribution in [0.2, 0.25) is 0 Å². The van der Waals surface area contributed by atoms with Crippen molar-refractivity contribution < 1.29 is 0 Å². The number of rotatable bonds is 4. The maximum absolute atomic E-state index is 2.12. The molecule has 0 unspecified atom stereocenters. The van der Waals surface area contributed by atoms with Crippen molar-refractivity contribution in [3.63, 3.8) is 0 Å². The predicted octanol–water partition coefficient (Wildman–Crippen LogP) is 12.7. The third kappa shape index (κ3) is 17.9. The second-order valence-corrected chi connectivity index (χ2v) is 9.64. The van der Waals surface area contributed by atoms with Crippen LogP contribution in [0.25, 0.3) is 24.3 Å². The standard InChI is InChI=1S/4C10H12.CH4/c4*1-3-4-10-7-5-9(2)6-8-10;/h4*3-8H,1-2H3;1H4. The molecule has 0 saturated carbocycles. The molecule has 0 radical (unpaired) electrons. The molecule has 4 aromatic rings. The van der Waals surface area contributed by atoms with Crippen LogP contribution in [0.3, 0.4) is 0 Å². The quantitative estimate of drug-likeness (QED) is 0.240. The van der Waals surface area contributed by atoms with Crippen LogP contribution in [0.15, 0.2) is 121 Å². The fourth-order valence-corrected chi connectivity index (χ4v) is 3.48. The zero-order valence-corrected chi connectivity index (χ0v) is 25.9. The van der Waals surface area contributed by atoms with Gasteiger partial charge in [0.25, 0.3) is 0 Å². The summed E-state index contributed by atoms with van der Waals surface area (Å²) in [6, 6.07) is 33.9. The molecule has 0 amide bonds. The summed E-state index contributed by atoms with van der Waals surface area (Å²) < 4.78 is 0. The van der Waals surface area contributed by atoms with Gasteiger partial charge >= 0.3 is 0 Å². The molecule has 0 atom stereocenters. The first kappa shape index (κ1) is 36.8. The molecule has 0 saturated heterocycles. The topological polar surface area (TPSA) is 0 Å². The van der Waals surface area contributed by atoms with E-state index in [0.717, 1.165) is 0 Å². The molecule has 0 fully saturated rings. The van der Waals surface area contributed by atoms with Gasteiger partial charge in [-0.15, -0.1) is 0 Å². The molecule has 0 aromatic heterocycles. The molecule has 216 valence electrons. The molecule has 0 N–H and O–H groups in total. The van der Waals surface area contributed by atoms with Crippen molar-refractivity contribution in [2.75, 3.05) is 0 Å². The maximum atomic E-state index is 2.12. The minimum Gasteiger partial charge on any atom is -0.0871 e. The highest BCUT2D eigenvalue weighted by molar-refractivity contribution is 5.51. The summed E-state index contributed by atoms with van der Waals surface area (Å²) in [5.41, 5.74) is 10.3. The van der Waals surface area contributed by atoms with Gasteiger partial charge in [0, 0.05) is 0 Å². The maximum Gasteiger partial charge on any atom is -0.0260 e. The van der Waals surface area contributed by atoms with Gasteiger partial charge in [0.05, 0.1) is 0 Å². The molecule has 0 aliphatic carbocycles. The molecule has 0 aliphatic heterocycles. The van der Waals surface area contributed by atoms with Gasteiger partial charge in [-0.05, 0) is 77.6 Å². The monoisotopic (exact) mass is 544 g/mol. The van der Waals surface area contributed by atoms with E-state index < -0.39 is 0 Å². The summed E-state index contributed by atoms with van der Waals surface area (Å²) in [5, 5.41) is 0. The smallest absolute Gasteiger partial charge is 0.0260 e. The van der Waals surface area contributed by atoms with E-state index >= 15 is 0 Å². The van der Waals surface area contributed by atoms with Crippen LogP contribution in [0, 0.1) is 27.7 Å². The highest BCUT2D eigenvalue weighted by atomic mass is 13.9. The van der Waals surface area contributed by atoms with E-state index in [9.17, 15) is 0 Å². The van der Waals surface area contributed by atoms with Gasteiger partial charge in [-0.25, -0.2) is 0 Å². The molecule has 0 spiro atoms. The molecule has 4 aromatic carbocycles. The normalized spacial score (nSPS) is 10.3. The van der Waals surface area contributed by atoms with E-state index in [4.69, 9.17) is 0 Å². The Labute approximate surface area is 252 Å². The zero-order chi connectivity index (χ0) is 29.6. The van der Waals surface area contributed by atoms with Crippen LogP contribution < -0.4 is 0 Å². The summed E-state index contributed by atoms with van der Waals surface area (Å²) in [7, 11) is 0. The van der Waals surface area contributed by atoms with Crippen molar-refractivity contribution in [3.8, 4) is 0 Å². The zero-order valence-electron chi connectivity index (χ0n) is 25.9. The average molecular weight is 545 g/mol. The molecular weight excluding hydrogens is 492 g/mol. The average Bonchev–Trinajstić information content (AvgIpc) is 2.96. The van der Waals surface area contributed by atoms with Crippen LogP contribution in [-0.2, 0) is 0 Å². The van der Waals surface area contributed by atoms with Crippen LogP contribution in [0.4, 0.5) is 0 Å². The van der Waals surface area contributed by atoms with Crippen LogP contribution in [0.5, 0.6) is 0 Å². The lowest BCUT2D eigenvalue weighted by Gasteiger charge is -1.92. The van der Waals surface area contributed by atoms with Crippen LogP contribution in [0.1, 0.15) is 79.6 Å². The lowest BCUT2D eigenvalue weighted by molar-refractivity contribution is 1.46. The Morgan fingerprint density at radius 3 is 0.561 bits per heavy atom. The van der Waals surface area contributed by atoms with Crippen molar-refractivity contribution in [2.24, 2.45) is 0 Å². The minimum absolute atomic E-state index is 0. The summed E-state index contributed by atoms with van der Waals surface area (Å²) in [4.78, 5) is 0. The summed E-state index contributed by atoms with van der Waals surface area (Å²) >= 11 is 0. The molecule has 41 heavy (non-hydrogen) atoms. The number of allylic oxidation sites excluding steroid dienone is 4. The van der Waals surface area contributed by atoms with Crippen molar-refractivity contribution in [1.82, 2.24) is 0 Å². The molecule has 0 heterocycles. The third-order valence-corrected chi connectivity index (χ3v) is 5.75. The first-order valence-electron chi connectivity index (χ1n) is 14.1. The van der Waals surface area contributed by atoms with Crippen LogP contribution in [-0.4, -0.2) is 0 Å². The Balaban J connectivity index is 0.000000516. The molecule has 0 bridgehead atoms. The fraction of sp³-hybridized carbons (Fsp3) is 0.220. The van der Waals surface area contributed by atoms with Gasteiger partial charge in [-0.1, -0.05) is 175 Å². The van der Waals surface area contributed by atoms with E-state index in [0.29, 0.717) is 0 Å². The number of benzene rings is 4. The van der Waals surface area contributed by atoms with Gasteiger partial charge in [-0.2, -0.15) is 0 Å². The Bertz CT molecular complexity index is 1080. The van der Waals surface area contributed by atoms with E-state index in [-0.39, 0.29) is 7.43 Å². The first-order chi connectivity index (χ1) is 19.3. The highest BCUT2D eigenvalue weighted by Gasteiger charge is 1.85. The fourth-order valence-electron chi connectivity index (χ4n) is 3.48. The van der Waals surface area contributed by atoms with Gasteiger partial charge < -0.3 is 0 Å². The van der Waals surface area contributed by atoms with E-state index in [1.165, 1.54) is 44.5 Å². The van der Waals surface area contributed by atoms with Crippen LogP contribution >= 0.6 is 0 Å². The largest absolute Gasteiger partial charge is 0.0871 e. The molecule has 0 heteroatoms. The summed E-state index contributed by atoms with van der Waals surface area (Å²) in [5.74, 6) is 0. The Hall–Kier alpha value is -4.16. The van der Waals surface area contributed by atoms with Crippen molar-refractivity contribution in [1.29, 1.82) is 0 Å². The van der Waals surface area contributed by atoms with Crippen molar-refractivity contribution in [3.05, 3.63) is 166 Å². The first-order valence-corrected chi connectivity index (χ1v) is 14.1. The second kappa shape index (κ2) is 22.6. The molecule has 0 nitrogen and oxygen atoms in total. The Kier molecular flexibility index (Phi) is 20.3. The lowest BCUT2D eigenvalue weighted by Crippen LogP contribution is -1.71. The number of hydrogen-bond donors (Lipinski definition) is 0. The second-order valence-electron chi connectivity index (χ2n) is 9.64. The molecule has 4 rings (SSSR count). The summed E-state index contributed by atoms with van der Waals surface area (Å²) in [6.07, 6.45) is 16.6. The van der Waals surface area contributed by atoms with Gasteiger partial charge in [0.1, 0.15) is 0 Å². The van der Waals surface area contributed by atoms with Gasteiger partial charge in [0.2, 0.25) is 0 Å². The summed E-state index contributed by atoms with van der Waals surface area (Å²) in [6.45, 7) is 16.5.